The van der Waals surface area contributed by atoms with Gasteiger partial charge in [0, 0.05) is 5.92 Å². The van der Waals surface area contributed by atoms with Gasteiger partial charge in [0.05, 0.1) is 7.11 Å². The summed E-state index contributed by atoms with van der Waals surface area (Å²) in [6.45, 7) is 2.25. The van der Waals surface area contributed by atoms with E-state index < -0.39 is 0 Å². The van der Waals surface area contributed by atoms with Gasteiger partial charge >= 0.3 is 0 Å². The zero-order valence-corrected chi connectivity index (χ0v) is 8.81. The van der Waals surface area contributed by atoms with Crippen molar-refractivity contribution < 1.29 is 4.74 Å². The molecule has 0 spiro atoms. The van der Waals surface area contributed by atoms with Gasteiger partial charge in [-0.2, -0.15) is 0 Å². The van der Waals surface area contributed by atoms with Crippen LogP contribution >= 0.6 is 0 Å². The van der Waals surface area contributed by atoms with Crippen LogP contribution in [0.3, 0.4) is 0 Å². The van der Waals surface area contributed by atoms with E-state index in [-0.39, 0.29) is 0 Å². The minimum atomic E-state index is 0.415. The lowest BCUT2D eigenvalue weighted by molar-refractivity contribution is 0.267. The van der Waals surface area contributed by atoms with Crippen molar-refractivity contribution in [3.05, 3.63) is 0 Å². The van der Waals surface area contributed by atoms with E-state index in [1.54, 1.807) is 7.11 Å². The summed E-state index contributed by atoms with van der Waals surface area (Å²) in [5.41, 5.74) is 0. The largest absolute Gasteiger partial charge is 0.484 e. The van der Waals surface area contributed by atoms with Crippen LogP contribution in [0.5, 0.6) is 0 Å². The molecule has 0 aliphatic heterocycles. The van der Waals surface area contributed by atoms with Crippen LogP contribution in [0.1, 0.15) is 45.4 Å². The topological polar surface area (TPSA) is 33.1 Å². The van der Waals surface area contributed by atoms with Crippen LogP contribution in [0.2, 0.25) is 0 Å². The van der Waals surface area contributed by atoms with Crippen molar-refractivity contribution >= 4 is 5.90 Å². The number of hydrogen-bond donors (Lipinski definition) is 1. The van der Waals surface area contributed by atoms with Gasteiger partial charge in [0.2, 0.25) is 0 Å². The number of nitrogens with one attached hydrogen (secondary N) is 1. The average molecular weight is 183 g/mol. The number of rotatable bonds is 3. The Morgan fingerprint density at radius 2 is 1.92 bits per heavy atom. The summed E-state index contributed by atoms with van der Waals surface area (Å²) in [5, 5.41) is 7.58. The van der Waals surface area contributed by atoms with E-state index in [2.05, 4.69) is 6.92 Å². The normalized spacial score (nSPS) is 28.5. The number of ether oxygens (including phenoxy) is 1. The SMILES string of the molecule is CCCC1CCC(C(=N)OC)CC1. The second-order valence-corrected chi connectivity index (χ2v) is 4.07. The third-order valence-electron chi connectivity index (χ3n) is 3.13. The molecule has 0 radical (unpaired) electrons. The van der Waals surface area contributed by atoms with E-state index in [1.165, 1.54) is 25.7 Å². The predicted octanol–water partition coefficient (Wildman–Crippen LogP) is 3.22. The van der Waals surface area contributed by atoms with Crippen molar-refractivity contribution in [3.8, 4) is 0 Å². The van der Waals surface area contributed by atoms with Gasteiger partial charge in [-0.05, 0) is 31.6 Å². The first-order chi connectivity index (χ1) is 6.27. The van der Waals surface area contributed by atoms with Gasteiger partial charge in [-0.25, -0.2) is 0 Å². The van der Waals surface area contributed by atoms with Gasteiger partial charge in [0.1, 0.15) is 0 Å². The van der Waals surface area contributed by atoms with E-state index in [0.29, 0.717) is 11.8 Å². The second kappa shape index (κ2) is 5.25. The van der Waals surface area contributed by atoms with Crippen LogP contribution in [0.4, 0.5) is 0 Å². The van der Waals surface area contributed by atoms with Crippen molar-refractivity contribution in [1.82, 2.24) is 0 Å². The van der Waals surface area contributed by atoms with Gasteiger partial charge < -0.3 is 4.74 Å². The maximum absolute atomic E-state index is 7.58. The Morgan fingerprint density at radius 1 is 1.31 bits per heavy atom. The molecule has 1 aliphatic carbocycles. The molecule has 1 fully saturated rings. The second-order valence-electron chi connectivity index (χ2n) is 4.07. The highest BCUT2D eigenvalue weighted by Gasteiger charge is 2.23. The van der Waals surface area contributed by atoms with E-state index >= 15 is 0 Å². The molecule has 0 unspecified atom stereocenters. The lowest BCUT2D eigenvalue weighted by atomic mass is 9.80. The zero-order valence-electron chi connectivity index (χ0n) is 8.81. The van der Waals surface area contributed by atoms with Crippen molar-refractivity contribution in [2.45, 2.75) is 45.4 Å². The molecule has 1 aliphatic rings. The summed E-state index contributed by atoms with van der Waals surface area (Å²) in [6.07, 6.45) is 7.59. The van der Waals surface area contributed by atoms with E-state index in [9.17, 15) is 0 Å². The molecule has 0 saturated heterocycles. The van der Waals surface area contributed by atoms with Crippen molar-refractivity contribution in [2.75, 3.05) is 7.11 Å². The summed E-state index contributed by atoms with van der Waals surface area (Å²) < 4.78 is 4.97. The van der Waals surface area contributed by atoms with E-state index in [0.717, 1.165) is 18.8 Å². The molecule has 1 N–H and O–H groups in total. The molecule has 0 aromatic heterocycles. The first kappa shape index (κ1) is 10.6. The van der Waals surface area contributed by atoms with E-state index in [1.807, 2.05) is 0 Å². The number of methoxy groups -OCH3 is 1. The monoisotopic (exact) mass is 183 g/mol. The Labute approximate surface area is 81.2 Å². The van der Waals surface area contributed by atoms with Gasteiger partial charge in [-0.1, -0.05) is 19.8 Å². The van der Waals surface area contributed by atoms with Crippen LogP contribution in [0, 0.1) is 17.2 Å². The molecule has 0 atom stereocenters. The molecular formula is C11H21NO. The molecule has 0 aromatic carbocycles. The van der Waals surface area contributed by atoms with Gasteiger partial charge in [-0.3, -0.25) is 5.41 Å². The lowest BCUT2D eigenvalue weighted by Crippen LogP contribution is -2.22. The molecule has 0 amide bonds. The summed E-state index contributed by atoms with van der Waals surface area (Å²) in [6, 6.07) is 0. The first-order valence-electron chi connectivity index (χ1n) is 5.40. The summed E-state index contributed by atoms with van der Waals surface area (Å²) in [4.78, 5) is 0. The Kier molecular flexibility index (Phi) is 4.26. The molecular weight excluding hydrogens is 162 g/mol. The van der Waals surface area contributed by atoms with Gasteiger partial charge in [-0.15, -0.1) is 0 Å². The third-order valence-corrected chi connectivity index (χ3v) is 3.13. The summed E-state index contributed by atoms with van der Waals surface area (Å²) >= 11 is 0. The van der Waals surface area contributed by atoms with E-state index in [4.69, 9.17) is 10.1 Å². The number of hydrogen-bond acceptors (Lipinski definition) is 2. The smallest absolute Gasteiger partial charge is 0.183 e. The third kappa shape index (κ3) is 3.02. The molecule has 13 heavy (non-hydrogen) atoms. The summed E-state index contributed by atoms with van der Waals surface area (Å²) in [5.74, 6) is 1.83. The highest BCUT2D eigenvalue weighted by atomic mass is 16.5. The molecule has 0 heterocycles. The molecule has 2 nitrogen and oxygen atoms in total. The van der Waals surface area contributed by atoms with Gasteiger partial charge in [0.25, 0.3) is 0 Å². The first-order valence-corrected chi connectivity index (χ1v) is 5.40. The maximum atomic E-state index is 7.58. The fraction of sp³-hybridized carbons (Fsp3) is 0.909. The Hall–Kier alpha value is -0.530. The van der Waals surface area contributed by atoms with Crippen LogP contribution in [-0.2, 0) is 4.74 Å². The quantitative estimate of drug-likeness (QED) is 0.529. The van der Waals surface area contributed by atoms with Crippen molar-refractivity contribution in [1.29, 1.82) is 5.41 Å². The molecule has 0 aromatic rings. The van der Waals surface area contributed by atoms with Gasteiger partial charge in [0.15, 0.2) is 5.90 Å². The highest BCUT2D eigenvalue weighted by molar-refractivity contribution is 5.75. The van der Waals surface area contributed by atoms with Crippen molar-refractivity contribution in [2.24, 2.45) is 11.8 Å². The van der Waals surface area contributed by atoms with Crippen LogP contribution in [0.15, 0.2) is 0 Å². The Balaban J connectivity index is 2.26. The average Bonchev–Trinajstić information content (AvgIpc) is 2.18. The van der Waals surface area contributed by atoms with Crippen LogP contribution in [-0.4, -0.2) is 13.0 Å². The fourth-order valence-corrected chi connectivity index (χ4v) is 2.29. The van der Waals surface area contributed by atoms with Crippen molar-refractivity contribution in [3.63, 3.8) is 0 Å². The lowest BCUT2D eigenvalue weighted by Gasteiger charge is -2.27. The molecule has 76 valence electrons. The minimum absolute atomic E-state index is 0.415. The molecule has 1 rings (SSSR count). The molecule has 1 saturated carbocycles. The summed E-state index contributed by atoms with van der Waals surface area (Å²) in [7, 11) is 1.61. The fourth-order valence-electron chi connectivity index (χ4n) is 2.29. The maximum Gasteiger partial charge on any atom is 0.183 e. The predicted molar refractivity (Wildman–Crippen MR) is 55.1 cm³/mol. The highest BCUT2D eigenvalue weighted by Crippen LogP contribution is 2.31. The zero-order chi connectivity index (χ0) is 9.68. The standard InChI is InChI=1S/C11H21NO/c1-3-4-9-5-7-10(8-6-9)11(12)13-2/h9-10,12H,3-8H2,1-2H3. The molecule has 0 bridgehead atoms. The Bertz CT molecular complexity index is 159. The minimum Gasteiger partial charge on any atom is -0.484 e. The molecule has 2 heteroatoms. The Morgan fingerprint density at radius 3 is 2.38 bits per heavy atom. The van der Waals surface area contributed by atoms with Crippen LogP contribution < -0.4 is 0 Å². The van der Waals surface area contributed by atoms with Crippen LogP contribution in [0.25, 0.3) is 0 Å².